The van der Waals surface area contributed by atoms with Crippen molar-refractivity contribution in [2.45, 2.75) is 18.0 Å². The molecule has 0 amide bonds. The lowest BCUT2D eigenvalue weighted by Gasteiger charge is -2.12. The van der Waals surface area contributed by atoms with Crippen molar-refractivity contribution in [2.75, 3.05) is 13.3 Å². The Labute approximate surface area is 151 Å². The summed E-state index contributed by atoms with van der Waals surface area (Å²) in [6, 6.07) is 10.3. The normalized spacial score (nSPS) is 11.6. The molecule has 0 saturated carbocycles. The van der Waals surface area contributed by atoms with Gasteiger partial charge in [-0.2, -0.15) is 0 Å². The predicted molar refractivity (Wildman–Crippen MR) is 101 cm³/mol. The third kappa shape index (κ3) is 4.83. The van der Waals surface area contributed by atoms with Crippen LogP contribution in [-0.4, -0.2) is 23.8 Å². The van der Waals surface area contributed by atoms with E-state index < -0.39 is 0 Å². The van der Waals surface area contributed by atoms with Gasteiger partial charge in [-0.3, -0.25) is 4.99 Å². The number of hydrogen-bond acceptors (Lipinski definition) is 2. The fraction of sp³-hybridized carbons (Fsp3) is 0.312. The van der Waals surface area contributed by atoms with Crippen LogP contribution in [0.25, 0.3) is 0 Å². The van der Waals surface area contributed by atoms with Gasteiger partial charge in [0.2, 0.25) is 0 Å². The molecule has 23 heavy (non-hydrogen) atoms. The SMILES string of the molecule is CN=C(NCc1ccc(SC)cc1)NCc1cc(Cl)c(Cl)n1C. The molecule has 0 bridgehead atoms. The first kappa shape index (κ1) is 18.0. The molecule has 0 aliphatic carbocycles. The summed E-state index contributed by atoms with van der Waals surface area (Å²) in [4.78, 5) is 5.48. The Morgan fingerprint density at radius 3 is 2.35 bits per heavy atom. The molecule has 2 rings (SSSR count). The van der Waals surface area contributed by atoms with Crippen LogP contribution < -0.4 is 10.6 Å². The Kier molecular flexibility index (Phi) is 6.69. The summed E-state index contributed by atoms with van der Waals surface area (Å²) in [6.45, 7) is 1.30. The average molecular weight is 371 g/mol. The summed E-state index contributed by atoms with van der Waals surface area (Å²) in [5.74, 6) is 0.729. The number of aliphatic imine (C=N–C) groups is 1. The highest BCUT2D eigenvalue weighted by molar-refractivity contribution is 7.98. The van der Waals surface area contributed by atoms with Crippen molar-refractivity contribution in [1.29, 1.82) is 0 Å². The summed E-state index contributed by atoms with van der Waals surface area (Å²) in [7, 11) is 3.63. The van der Waals surface area contributed by atoms with Crippen LogP contribution in [0, 0.1) is 0 Å². The zero-order valence-corrected chi connectivity index (χ0v) is 15.7. The molecule has 1 aromatic heterocycles. The summed E-state index contributed by atoms with van der Waals surface area (Å²) in [6.07, 6.45) is 2.07. The van der Waals surface area contributed by atoms with Crippen molar-refractivity contribution in [2.24, 2.45) is 12.0 Å². The molecule has 0 saturated heterocycles. The Morgan fingerprint density at radius 2 is 1.83 bits per heavy atom. The maximum absolute atomic E-state index is 6.07. The fourth-order valence-electron chi connectivity index (χ4n) is 2.08. The molecule has 2 N–H and O–H groups in total. The highest BCUT2D eigenvalue weighted by Crippen LogP contribution is 2.24. The van der Waals surface area contributed by atoms with Gasteiger partial charge >= 0.3 is 0 Å². The molecule has 2 aromatic rings. The molecular weight excluding hydrogens is 351 g/mol. The van der Waals surface area contributed by atoms with Gasteiger partial charge in [-0.15, -0.1) is 11.8 Å². The molecule has 0 aliphatic heterocycles. The van der Waals surface area contributed by atoms with Gasteiger partial charge in [-0.05, 0) is 30.0 Å². The number of halogens is 2. The van der Waals surface area contributed by atoms with Crippen molar-refractivity contribution >= 4 is 40.9 Å². The van der Waals surface area contributed by atoms with E-state index in [1.165, 1.54) is 10.5 Å². The number of thioether (sulfide) groups is 1. The third-order valence-electron chi connectivity index (χ3n) is 3.50. The van der Waals surface area contributed by atoms with Crippen LogP contribution in [0.15, 0.2) is 40.2 Å². The van der Waals surface area contributed by atoms with E-state index >= 15 is 0 Å². The van der Waals surface area contributed by atoms with Crippen molar-refractivity contribution in [3.8, 4) is 0 Å². The number of aromatic nitrogens is 1. The topological polar surface area (TPSA) is 41.4 Å². The molecular formula is C16H20Cl2N4S. The van der Waals surface area contributed by atoms with Crippen LogP contribution in [0.5, 0.6) is 0 Å². The summed E-state index contributed by atoms with van der Waals surface area (Å²) in [5, 5.41) is 7.65. The second kappa shape index (κ2) is 8.52. The van der Waals surface area contributed by atoms with Gasteiger partial charge in [0.1, 0.15) is 5.15 Å². The molecule has 0 aliphatic rings. The first-order valence-electron chi connectivity index (χ1n) is 7.12. The monoisotopic (exact) mass is 370 g/mol. The lowest BCUT2D eigenvalue weighted by molar-refractivity contribution is 0.750. The Bertz CT molecular complexity index is 680. The van der Waals surface area contributed by atoms with Gasteiger partial charge in [0.05, 0.1) is 11.6 Å². The van der Waals surface area contributed by atoms with Gasteiger partial charge in [0.15, 0.2) is 5.96 Å². The van der Waals surface area contributed by atoms with E-state index in [1.807, 2.05) is 17.7 Å². The largest absolute Gasteiger partial charge is 0.352 e. The first-order valence-corrected chi connectivity index (χ1v) is 9.10. The molecule has 0 radical (unpaired) electrons. The molecule has 124 valence electrons. The Balaban J connectivity index is 1.89. The number of hydrogen-bond donors (Lipinski definition) is 2. The second-order valence-corrected chi connectivity index (χ2v) is 6.61. The molecule has 1 heterocycles. The van der Waals surface area contributed by atoms with E-state index in [-0.39, 0.29) is 0 Å². The Hall–Kier alpha value is -1.30. The Morgan fingerprint density at radius 1 is 1.17 bits per heavy atom. The average Bonchev–Trinajstić information content (AvgIpc) is 2.82. The standard InChI is InChI=1S/C16H20Cl2N4S/c1-19-16(20-9-11-4-6-13(23-3)7-5-11)21-10-12-8-14(17)15(18)22(12)2/h4-8H,9-10H2,1-3H3,(H2,19,20,21). The van der Waals surface area contributed by atoms with Gasteiger partial charge in [0.25, 0.3) is 0 Å². The van der Waals surface area contributed by atoms with Crippen molar-refractivity contribution < 1.29 is 0 Å². The lowest BCUT2D eigenvalue weighted by atomic mass is 10.2. The van der Waals surface area contributed by atoms with Crippen molar-refractivity contribution in [3.63, 3.8) is 0 Å². The maximum Gasteiger partial charge on any atom is 0.191 e. The van der Waals surface area contributed by atoms with Gasteiger partial charge in [-0.1, -0.05) is 35.3 Å². The number of nitrogens with one attached hydrogen (secondary N) is 2. The number of rotatable bonds is 5. The molecule has 1 aromatic carbocycles. The van der Waals surface area contributed by atoms with Crippen molar-refractivity contribution in [3.05, 3.63) is 51.8 Å². The minimum atomic E-state index is 0.542. The predicted octanol–water partition coefficient (Wildman–Crippen LogP) is 3.92. The van der Waals surface area contributed by atoms with E-state index in [0.717, 1.165) is 11.7 Å². The van der Waals surface area contributed by atoms with Crippen LogP contribution >= 0.6 is 35.0 Å². The molecule has 0 unspecified atom stereocenters. The fourth-order valence-corrected chi connectivity index (χ4v) is 2.91. The molecule has 7 heteroatoms. The highest BCUT2D eigenvalue weighted by atomic mass is 35.5. The van der Waals surface area contributed by atoms with Gasteiger partial charge in [0, 0.05) is 31.2 Å². The zero-order chi connectivity index (χ0) is 16.8. The van der Waals surface area contributed by atoms with Gasteiger partial charge < -0.3 is 15.2 Å². The smallest absolute Gasteiger partial charge is 0.191 e. The summed E-state index contributed by atoms with van der Waals surface area (Å²) < 4.78 is 1.85. The summed E-state index contributed by atoms with van der Waals surface area (Å²) in [5.41, 5.74) is 2.20. The van der Waals surface area contributed by atoms with Crippen LogP contribution in [0.2, 0.25) is 10.2 Å². The molecule has 4 nitrogen and oxygen atoms in total. The van der Waals surface area contributed by atoms with Crippen LogP contribution in [0.4, 0.5) is 0 Å². The zero-order valence-electron chi connectivity index (χ0n) is 13.4. The van der Waals surface area contributed by atoms with E-state index in [4.69, 9.17) is 23.2 Å². The third-order valence-corrected chi connectivity index (χ3v) is 5.08. The quantitative estimate of drug-likeness (QED) is 0.476. The molecule has 0 atom stereocenters. The van der Waals surface area contributed by atoms with E-state index in [1.54, 1.807) is 18.8 Å². The van der Waals surface area contributed by atoms with Crippen LogP contribution in [-0.2, 0) is 20.1 Å². The number of guanidine groups is 1. The lowest BCUT2D eigenvalue weighted by Crippen LogP contribution is -2.36. The number of benzene rings is 1. The van der Waals surface area contributed by atoms with Crippen molar-refractivity contribution in [1.82, 2.24) is 15.2 Å². The van der Waals surface area contributed by atoms with Gasteiger partial charge in [-0.25, -0.2) is 0 Å². The number of nitrogens with zero attached hydrogens (tertiary/aromatic N) is 2. The maximum atomic E-state index is 6.07. The minimum Gasteiger partial charge on any atom is -0.352 e. The minimum absolute atomic E-state index is 0.542. The first-order chi connectivity index (χ1) is 11.0. The molecule has 0 spiro atoms. The molecule has 0 fully saturated rings. The second-order valence-electron chi connectivity index (χ2n) is 4.96. The van der Waals surface area contributed by atoms with Crippen LogP contribution in [0.3, 0.4) is 0 Å². The van der Waals surface area contributed by atoms with Crippen LogP contribution in [0.1, 0.15) is 11.3 Å². The van der Waals surface area contributed by atoms with E-state index in [2.05, 4.69) is 46.1 Å². The highest BCUT2D eigenvalue weighted by Gasteiger charge is 2.09. The van der Waals surface area contributed by atoms with E-state index in [9.17, 15) is 0 Å². The van der Waals surface area contributed by atoms with E-state index in [0.29, 0.717) is 23.3 Å². The summed E-state index contributed by atoms with van der Waals surface area (Å²) >= 11 is 13.8.